The molecule has 0 aliphatic carbocycles. The lowest BCUT2D eigenvalue weighted by molar-refractivity contribution is 0.102. The summed E-state index contributed by atoms with van der Waals surface area (Å²) in [6.07, 6.45) is 0. The van der Waals surface area contributed by atoms with E-state index in [1.807, 2.05) is 42.5 Å². The van der Waals surface area contributed by atoms with E-state index < -0.39 is 0 Å². The summed E-state index contributed by atoms with van der Waals surface area (Å²) in [6.45, 7) is 6.13. The van der Waals surface area contributed by atoms with Crippen LogP contribution in [0, 0.1) is 0 Å². The van der Waals surface area contributed by atoms with Crippen molar-refractivity contribution in [2.75, 3.05) is 23.3 Å². The fourth-order valence-electron chi connectivity index (χ4n) is 2.55. The Morgan fingerprint density at radius 1 is 1.17 bits per heavy atom. The molecule has 4 nitrogen and oxygen atoms in total. The molecule has 2 aromatic carbocycles. The average Bonchev–Trinajstić information content (AvgIpc) is 3.00. The lowest BCUT2D eigenvalue weighted by atomic mass is 10.2. The van der Waals surface area contributed by atoms with Crippen LogP contribution < -0.4 is 10.2 Å². The Morgan fingerprint density at radius 3 is 2.50 bits per heavy atom. The second kappa shape index (κ2) is 7.32. The zero-order chi connectivity index (χ0) is 17.1. The smallest absolute Gasteiger partial charge is 0.257 e. The largest absolute Gasteiger partial charge is 0.372 e. The van der Waals surface area contributed by atoms with Crippen LogP contribution in [0.4, 0.5) is 10.8 Å². The first-order chi connectivity index (χ1) is 11.6. The monoisotopic (exact) mass is 403 g/mol. The minimum atomic E-state index is -0.142. The molecule has 124 valence electrons. The third kappa shape index (κ3) is 3.44. The number of benzene rings is 2. The highest BCUT2D eigenvalue weighted by Gasteiger charge is 2.12. The summed E-state index contributed by atoms with van der Waals surface area (Å²) >= 11 is 4.95. The van der Waals surface area contributed by atoms with Gasteiger partial charge in [0.2, 0.25) is 0 Å². The normalized spacial score (nSPS) is 10.8. The minimum absolute atomic E-state index is 0.142. The number of halogens is 1. The summed E-state index contributed by atoms with van der Waals surface area (Å²) < 4.78 is 1.97. The minimum Gasteiger partial charge on any atom is -0.372 e. The van der Waals surface area contributed by atoms with Gasteiger partial charge in [-0.15, -0.1) is 0 Å². The van der Waals surface area contributed by atoms with Crippen molar-refractivity contribution in [3.63, 3.8) is 0 Å². The van der Waals surface area contributed by atoms with Gasteiger partial charge in [0.25, 0.3) is 5.91 Å². The lowest BCUT2D eigenvalue weighted by Gasteiger charge is -2.20. The molecule has 0 fully saturated rings. The molecule has 0 saturated heterocycles. The molecule has 3 rings (SSSR count). The third-order valence-corrected chi connectivity index (χ3v) is 5.42. The summed E-state index contributed by atoms with van der Waals surface area (Å²) in [5, 5.41) is 3.49. The Balaban J connectivity index is 1.77. The predicted molar refractivity (Wildman–Crippen MR) is 105 cm³/mol. The van der Waals surface area contributed by atoms with E-state index in [-0.39, 0.29) is 5.91 Å². The van der Waals surface area contributed by atoms with Crippen LogP contribution in [0.5, 0.6) is 0 Å². The van der Waals surface area contributed by atoms with Gasteiger partial charge in [-0.3, -0.25) is 10.1 Å². The molecular formula is C18H18BrN3OS. The quantitative estimate of drug-likeness (QED) is 0.639. The van der Waals surface area contributed by atoms with E-state index in [4.69, 9.17) is 0 Å². The first kappa shape index (κ1) is 16.9. The second-order valence-corrected chi connectivity index (χ2v) is 7.16. The molecule has 0 aliphatic rings. The number of para-hydroxylation sites is 1. The molecule has 1 amide bonds. The van der Waals surface area contributed by atoms with E-state index in [0.717, 1.165) is 33.5 Å². The Morgan fingerprint density at radius 2 is 1.88 bits per heavy atom. The van der Waals surface area contributed by atoms with Crippen LogP contribution in [0.1, 0.15) is 24.2 Å². The fourth-order valence-corrected chi connectivity index (χ4v) is 4.02. The van der Waals surface area contributed by atoms with Crippen molar-refractivity contribution in [3.8, 4) is 0 Å². The molecule has 0 aliphatic heterocycles. The highest BCUT2D eigenvalue weighted by Crippen LogP contribution is 2.31. The van der Waals surface area contributed by atoms with Crippen LogP contribution in [-0.2, 0) is 0 Å². The number of anilines is 2. The SMILES string of the molecule is CCN(CC)c1ccc(C(=O)Nc2nc3c(Br)cccc3s2)cc1. The maximum atomic E-state index is 12.4. The van der Waals surface area contributed by atoms with Gasteiger partial charge in [-0.2, -0.15) is 0 Å². The zero-order valence-electron chi connectivity index (χ0n) is 13.5. The van der Waals surface area contributed by atoms with Gasteiger partial charge in [0.15, 0.2) is 5.13 Å². The standard InChI is InChI=1S/C18H18BrN3OS/c1-3-22(4-2)13-10-8-12(9-11-13)17(23)21-18-20-16-14(19)6-5-7-15(16)24-18/h5-11H,3-4H2,1-2H3,(H,20,21,23). The maximum Gasteiger partial charge on any atom is 0.257 e. The number of hydrogen-bond acceptors (Lipinski definition) is 4. The lowest BCUT2D eigenvalue weighted by Crippen LogP contribution is -2.21. The number of carbonyl (C=O) groups excluding carboxylic acids is 1. The molecule has 1 aromatic heterocycles. The summed E-state index contributed by atoms with van der Waals surface area (Å²) in [5.41, 5.74) is 2.62. The van der Waals surface area contributed by atoms with Crippen molar-refractivity contribution in [2.45, 2.75) is 13.8 Å². The number of nitrogens with zero attached hydrogens (tertiary/aromatic N) is 2. The van der Waals surface area contributed by atoms with E-state index in [1.54, 1.807) is 0 Å². The van der Waals surface area contributed by atoms with Gasteiger partial charge < -0.3 is 4.90 Å². The highest BCUT2D eigenvalue weighted by molar-refractivity contribution is 9.10. The van der Waals surface area contributed by atoms with E-state index in [9.17, 15) is 4.79 Å². The molecular weight excluding hydrogens is 386 g/mol. The van der Waals surface area contributed by atoms with Gasteiger partial charge >= 0.3 is 0 Å². The van der Waals surface area contributed by atoms with Crippen LogP contribution in [0.15, 0.2) is 46.9 Å². The van der Waals surface area contributed by atoms with Gasteiger partial charge in [-0.05, 0) is 66.2 Å². The molecule has 0 unspecified atom stereocenters. The van der Waals surface area contributed by atoms with E-state index in [1.165, 1.54) is 11.3 Å². The highest BCUT2D eigenvalue weighted by atomic mass is 79.9. The Labute approximate surface area is 153 Å². The Hall–Kier alpha value is -1.92. The number of hydrogen-bond donors (Lipinski definition) is 1. The molecule has 3 aromatic rings. The van der Waals surface area contributed by atoms with Crippen LogP contribution in [0.2, 0.25) is 0 Å². The van der Waals surface area contributed by atoms with Gasteiger partial charge in [-0.25, -0.2) is 4.98 Å². The van der Waals surface area contributed by atoms with Crippen LogP contribution in [-0.4, -0.2) is 24.0 Å². The van der Waals surface area contributed by atoms with Gasteiger partial charge in [-0.1, -0.05) is 17.4 Å². The summed E-state index contributed by atoms with van der Waals surface area (Å²) in [4.78, 5) is 19.2. The molecule has 0 atom stereocenters. The molecule has 24 heavy (non-hydrogen) atoms. The molecule has 1 N–H and O–H groups in total. The number of nitrogens with one attached hydrogen (secondary N) is 1. The van der Waals surface area contributed by atoms with Crippen molar-refractivity contribution >= 4 is 54.2 Å². The van der Waals surface area contributed by atoms with Gasteiger partial charge in [0.05, 0.1) is 10.2 Å². The Bertz CT molecular complexity index is 856. The number of fused-ring (bicyclic) bond motifs is 1. The molecule has 0 spiro atoms. The summed E-state index contributed by atoms with van der Waals surface area (Å²) in [7, 11) is 0. The van der Waals surface area contributed by atoms with Gasteiger partial charge in [0, 0.05) is 28.8 Å². The van der Waals surface area contributed by atoms with Crippen molar-refractivity contribution in [2.24, 2.45) is 0 Å². The molecule has 1 heterocycles. The van der Waals surface area contributed by atoms with Crippen molar-refractivity contribution in [3.05, 3.63) is 52.5 Å². The predicted octanol–water partition coefficient (Wildman–Crippen LogP) is 5.16. The zero-order valence-corrected chi connectivity index (χ0v) is 15.9. The van der Waals surface area contributed by atoms with Crippen LogP contribution in [0.25, 0.3) is 10.2 Å². The molecule has 0 radical (unpaired) electrons. The number of rotatable bonds is 5. The van der Waals surface area contributed by atoms with E-state index in [2.05, 4.69) is 45.0 Å². The topological polar surface area (TPSA) is 45.2 Å². The number of thiazole rings is 1. The Kier molecular flexibility index (Phi) is 5.16. The van der Waals surface area contributed by atoms with E-state index >= 15 is 0 Å². The summed E-state index contributed by atoms with van der Waals surface area (Å²) in [5.74, 6) is -0.142. The van der Waals surface area contributed by atoms with E-state index in [0.29, 0.717) is 10.7 Å². The molecule has 0 saturated carbocycles. The molecule has 0 bridgehead atoms. The molecule has 6 heteroatoms. The average molecular weight is 404 g/mol. The third-order valence-electron chi connectivity index (χ3n) is 3.85. The van der Waals surface area contributed by atoms with Crippen molar-refractivity contribution < 1.29 is 4.79 Å². The number of amides is 1. The summed E-state index contributed by atoms with van der Waals surface area (Å²) in [6, 6.07) is 13.6. The second-order valence-electron chi connectivity index (χ2n) is 5.28. The maximum absolute atomic E-state index is 12.4. The first-order valence-corrected chi connectivity index (χ1v) is 9.44. The number of aromatic nitrogens is 1. The van der Waals surface area contributed by atoms with Crippen LogP contribution in [0.3, 0.4) is 0 Å². The number of carbonyl (C=O) groups is 1. The van der Waals surface area contributed by atoms with Gasteiger partial charge in [0.1, 0.15) is 0 Å². The fraction of sp³-hybridized carbons (Fsp3) is 0.222. The first-order valence-electron chi connectivity index (χ1n) is 7.83. The van der Waals surface area contributed by atoms with Crippen molar-refractivity contribution in [1.82, 2.24) is 4.98 Å². The van der Waals surface area contributed by atoms with Crippen molar-refractivity contribution in [1.29, 1.82) is 0 Å². The van der Waals surface area contributed by atoms with Crippen LogP contribution >= 0.6 is 27.3 Å².